The standard InChI is InChI=1S/C13H11NO4S/c14-12-10(13(15)16)7-4-8-11(12)19(17,18)9-5-2-1-3-6-9/h1-8H,14H2,(H,15,16). The number of hydrogen-bond donors (Lipinski definition) is 2. The van der Waals surface area contributed by atoms with Gasteiger partial charge >= 0.3 is 5.97 Å². The number of aromatic carboxylic acids is 1. The van der Waals surface area contributed by atoms with Gasteiger partial charge < -0.3 is 10.8 Å². The van der Waals surface area contributed by atoms with E-state index in [0.717, 1.165) is 0 Å². The molecule has 3 N–H and O–H groups in total. The van der Waals surface area contributed by atoms with E-state index in [1.165, 1.54) is 30.3 Å². The number of benzene rings is 2. The van der Waals surface area contributed by atoms with E-state index in [1.807, 2.05) is 0 Å². The quantitative estimate of drug-likeness (QED) is 0.834. The fourth-order valence-electron chi connectivity index (χ4n) is 1.69. The van der Waals surface area contributed by atoms with Gasteiger partial charge in [0.1, 0.15) is 0 Å². The first kappa shape index (κ1) is 13.1. The van der Waals surface area contributed by atoms with E-state index >= 15 is 0 Å². The van der Waals surface area contributed by atoms with Crippen molar-refractivity contribution in [3.63, 3.8) is 0 Å². The maximum atomic E-state index is 12.4. The number of para-hydroxylation sites is 1. The molecule has 0 heterocycles. The van der Waals surface area contributed by atoms with Crippen molar-refractivity contribution in [3.8, 4) is 0 Å². The smallest absolute Gasteiger partial charge is 0.337 e. The lowest BCUT2D eigenvalue weighted by Crippen LogP contribution is -2.10. The van der Waals surface area contributed by atoms with Crippen LogP contribution >= 0.6 is 0 Å². The number of sulfone groups is 1. The van der Waals surface area contributed by atoms with Gasteiger partial charge in [-0.3, -0.25) is 0 Å². The molecule has 2 aromatic rings. The molecule has 0 saturated carbocycles. The summed E-state index contributed by atoms with van der Waals surface area (Å²) in [6.07, 6.45) is 0. The third-order valence-corrected chi connectivity index (χ3v) is 4.47. The topological polar surface area (TPSA) is 97.5 Å². The molecule has 6 heteroatoms. The monoisotopic (exact) mass is 277 g/mol. The average molecular weight is 277 g/mol. The highest BCUT2D eigenvalue weighted by molar-refractivity contribution is 7.91. The van der Waals surface area contributed by atoms with Crippen LogP contribution in [0.3, 0.4) is 0 Å². The SMILES string of the molecule is Nc1c(C(=O)O)cccc1S(=O)(=O)c1ccccc1. The maximum absolute atomic E-state index is 12.4. The molecule has 0 aliphatic heterocycles. The number of nitrogen functional groups attached to an aromatic ring is 1. The lowest BCUT2D eigenvalue weighted by molar-refractivity contribution is 0.0698. The van der Waals surface area contributed by atoms with Crippen LogP contribution in [0.25, 0.3) is 0 Å². The molecule has 0 unspecified atom stereocenters. The van der Waals surface area contributed by atoms with Gasteiger partial charge in [0.05, 0.1) is 21.0 Å². The molecule has 0 saturated heterocycles. The van der Waals surface area contributed by atoms with E-state index < -0.39 is 15.8 Å². The van der Waals surface area contributed by atoms with Crippen LogP contribution in [0.2, 0.25) is 0 Å². The van der Waals surface area contributed by atoms with Gasteiger partial charge in [0.15, 0.2) is 0 Å². The van der Waals surface area contributed by atoms with Crippen molar-refractivity contribution < 1.29 is 18.3 Å². The second kappa shape index (κ2) is 4.74. The number of hydrogen-bond acceptors (Lipinski definition) is 4. The van der Waals surface area contributed by atoms with Crippen LogP contribution in [-0.4, -0.2) is 19.5 Å². The van der Waals surface area contributed by atoms with Crippen molar-refractivity contribution in [1.82, 2.24) is 0 Å². The predicted molar refractivity (Wildman–Crippen MR) is 69.7 cm³/mol. The molecule has 5 nitrogen and oxygen atoms in total. The molecule has 0 aromatic heterocycles. The summed E-state index contributed by atoms with van der Waals surface area (Å²) in [5, 5.41) is 8.95. The molecule has 0 spiro atoms. The first-order valence-electron chi connectivity index (χ1n) is 5.36. The van der Waals surface area contributed by atoms with Crippen molar-refractivity contribution in [2.24, 2.45) is 0 Å². The predicted octanol–water partition coefficient (Wildman–Crippen LogP) is 1.80. The molecule has 2 rings (SSSR count). The van der Waals surface area contributed by atoms with Gasteiger partial charge in [0, 0.05) is 0 Å². The highest BCUT2D eigenvalue weighted by Crippen LogP contribution is 2.28. The Morgan fingerprint density at radius 3 is 2.21 bits per heavy atom. The van der Waals surface area contributed by atoms with Gasteiger partial charge in [-0.2, -0.15) is 0 Å². The number of nitrogens with two attached hydrogens (primary N) is 1. The summed E-state index contributed by atoms with van der Waals surface area (Å²) in [7, 11) is -3.81. The molecule has 98 valence electrons. The maximum Gasteiger partial charge on any atom is 0.337 e. The van der Waals surface area contributed by atoms with Gasteiger partial charge in [-0.15, -0.1) is 0 Å². The van der Waals surface area contributed by atoms with Crippen LogP contribution in [0.5, 0.6) is 0 Å². The van der Waals surface area contributed by atoms with Gasteiger partial charge in [-0.25, -0.2) is 13.2 Å². The number of carboxylic acids is 1. The Morgan fingerprint density at radius 2 is 1.63 bits per heavy atom. The van der Waals surface area contributed by atoms with E-state index in [1.54, 1.807) is 18.2 Å². The van der Waals surface area contributed by atoms with Gasteiger partial charge in [-0.05, 0) is 24.3 Å². The van der Waals surface area contributed by atoms with Crippen molar-refractivity contribution in [1.29, 1.82) is 0 Å². The van der Waals surface area contributed by atoms with Crippen LogP contribution in [0.1, 0.15) is 10.4 Å². The fourth-order valence-corrected chi connectivity index (χ4v) is 3.12. The summed E-state index contributed by atoms with van der Waals surface area (Å²) in [6, 6.07) is 11.6. The molecule has 0 aliphatic carbocycles. The minimum Gasteiger partial charge on any atom is -0.478 e. The first-order valence-corrected chi connectivity index (χ1v) is 6.85. The van der Waals surface area contributed by atoms with E-state index in [-0.39, 0.29) is 21.0 Å². The number of carbonyl (C=O) groups is 1. The summed E-state index contributed by atoms with van der Waals surface area (Å²) in [6.45, 7) is 0. The Bertz CT molecular complexity index is 724. The Morgan fingerprint density at radius 1 is 1.00 bits per heavy atom. The largest absolute Gasteiger partial charge is 0.478 e. The van der Waals surface area contributed by atoms with Crippen LogP contribution in [-0.2, 0) is 9.84 Å². The number of carboxylic acid groups (broad SMARTS) is 1. The van der Waals surface area contributed by atoms with E-state index in [9.17, 15) is 13.2 Å². The molecule has 0 fully saturated rings. The van der Waals surface area contributed by atoms with Crippen molar-refractivity contribution in [3.05, 3.63) is 54.1 Å². The summed E-state index contributed by atoms with van der Waals surface area (Å²) < 4.78 is 24.7. The molecular weight excluding hydrogens is 266 g/mol. The number of anilines is 1. The van der Waals surface area contributed by atoms with Crippen LogP contribution in [0, 0.1) is 0 Å². The van der Waals surface area contributed by atoms with Crippen molar-refractivity contribution in [2.75, 3.05) is 5.73 Å². The highest BCUT2D eigenvalue weighted by atomic mass is 32.2. The minimum absolute atomic E-state index is 0.0734. The second-order valence-electron chi connectivity index (χ2n) is 3.84. The van der Waals surface area contributed by atoms with Crippen molar-refractivity contribution >= 4 is 21.5 Å². The molecule has 19 heavy (non-hydrogen) atoms. The van der Waals surface area contributed by atoms with Crippen LogP contribution in [0.4, 0.5) is 5.69 Å². The zero-order valence-corrected chi connectivity index (χ0v) is 10.6. The summed E-state index contributed by atoms with van der Waals surface area (Å²) in [5.41, 5.74) is 5.17. The third kappa shape index (κ3) is 2.30. The second-order valence-corrected chi connectivity index (χ2v) is 5.76. The van der Waals surface area contributed by atoms with Gasteiger partial charge in [-0.1, -0.05) is 24.3 Å². The molecule has 2 aromatic carbocycles. The summed E-state index contributed by atoms with van der Waals surface area (Å²) in [4.78, 5) is 10.8. The molecule has 0 atom stereocenters. The number of rotatable bonds is 3. The lowest BCUT2D eigenvalue weighted by atomic mass is 10.2. The Balaban J connectivity index is 2.66. The normalized spacial score (nSPS) is 11.2. The summed E-state index contributed by atoms with van der Waals surface area (Å²) >= 11 is 0. The zero-order chi connectivity index (χ0) is 14.0. The fraction of sp³-hybridized carbons (Fsp3) is 0. The van der Waals surface area contributed by atoms with E-state index in [2.05, 4.69) is 0 Å². The lowest BCUT2D eigenvalue weighted by Gasteiger charge is -2.09. The first-order chi connectivity index (χ1) is 8.94. The van der Waals surface area contributed by atoms with Gasteiger partial charge in [0.2, 0.25) is 9.84 Å². The summed E-state index contributed by atoms with van der Waals surface area (Å²) in [5.74, 6) is -1.26. The van der Waals surface area contributed by atoms with Crippen molar-refractivity contribution in [2.45, 2.75) is 9.79 Å². The Kier molecular flexibility index (Phi) is 3.26. The Labute approximate surface area is 110 Å². The third-order valence-electron chi connectivity index (χ3n) is 2.64. The molecule has 0 bridgehead atoms. The van der Waals surface area contributed by atoms with E-state index in [4.69, 9.17) is 10.8 Å². The van der Waals surface area contributed by atoms with Crippen LogP contribution in [0.15, 0.2) is 58.3 Å². The molecular formula is C13H11NO4S. The molecule has 0 amide bonds. The molecule has 0 aliphatic rings. The average Bonchev–Trinajstić information content (AvgIpc) is 2.39. The minimum atomic E-state index is -3.81. The molecule has 0 radical (unpaired) electrons. The zero-order valence-electron chi connectivity index (χ0n) is 9.78. The highest BCUT2D eigenvalue weighted by Gasteiger charge is 2.23. The van der Waals surface area contributed by atoms with Crippen LogP contribution < -0.4 is 5.73 Å². The Hall–Kier alpha value is -2.34. The van der Waals surface area contributed by atoms with E-state index in [0.29, 0.717) is 0 Å². The van der Waals surface area contributed by atoms with Gasteiger partial charge in [0.25, 0.3) is 0 Å².